The van der Waals surface area contributed by atoms with E-state index in [0.717, 1.165) is 0 Å². The van der Waals surface area contributed by atoms with E-state index >= 15 is 0 Å². The number of rotatable bonds is 8. The topological polar surface area (TPSA) is 191 Å². The standard InChI is InChI=1S/C16H17N11O3S/c1-26-8-19-22-16(26)31-7-10-12(20-25-27(10)14-13(17)23-30-24-14)15(29)21-18-6-9-4-2-3-5-11(9)28/h2-6,8,15,21,28-29H,7H2,1H3,(H2,17,23)/b18-6+. The maximum Gasteiger partial charge on any atom is 0.243 e. The van der Waals surface area contributed by atoms with Crippen LogP contribution in [0, 0.1) is 0 Å². The van der Waals surface area contributed by atoms with Gasteiger partial charge < -0.3 is 20.5 Å². The van der Waals surface area contributed by atoms with Gasteiger partial charge in [-0.05, 0) is 22.4 Å². The smallest absolute Gasteiger partial charge is 0.243 e. The summed E-state index contributed by atoms with van der Waals surface area (Å²) in [7, 11) is 1.81. The van der Waals surface area contributed by atoms with Gasteiger partial charge in [0.25, 0.3) is 0 Å². The molecule has 0 spiro atoms. The highest BCUT2D eigenvalue weighted by Gasteiger charge is 2.24. The van der Waals surface area contributed by atoms with Crippen LogP contribution in [-0.4, -0.2) is 56.5 Å². The number of benzene rings is 1. The van der Waals surface area contributed by atoms with Crippen molar-refractivity contribution in [1.29, 1.82) is 0 Å². The number of nitrogen functional groups attached to an aromatic ring is 1. The van der Waals surface area contributed by atoms with Crippen molar-refractivity contribution in [2.75, 3.05) is 5.73 Å². The zero-order valence-electron chi connectivity index (χ0n) is 16.1. The lowest BCUT2D eigenvalue weighted by Crippen LogP contribution is -2.18. The maximum atomic E-state index is 10.6. The number of nitrogens with one attached hydrogen (secondary N) is 1. The van der Waals surface area contributed by atoms with Crippen LogP contribution in [0.3, 0.4) is 0 Å². The second kappa shape index (κ2) is 8.80. The van der Waals surface area contributed by atoms with E-state index in [0.29, 0.717) is 22.2 Å². The highest BCUT2D eigenvalue weighted by molar-refractivity contribution is 7.98. The molecular weight excluding hydrogens is 426 g/mol. The second-order valence-corrected chi connectivity index (χ2v) is 7.11. The van der Waals surface area contributed by atoms with Crippen LogP contribution in [0.1, 0.15) is 23.2 Å². The minimum absolute atomic E-state index is 0.0152. The largest absolute Gasteiger partial charge is 0.507 e. The monoisotopic (exact) mass is 443 g/mol. The number of hydrogen-bond acceptors (Lipinski definition) is 13. The number of thioether (sulfide) groups is 1. The van der Waals surface area contributed by atoms with Crippen LogP contribution in [0.15, 0.2) is 45.5 Å². The van der Waals surface area contributed by atoms with Gasteiger partial charge in [-0.25, -0.2) is 4.63 Å². The van der Waals surface area contributed by atoms with Crippen LogP contribution in [0.5, 0.6) is 5.75 Å². The number of aromatic nitrogens is 8. The third-order valence-electron chi connectivity index (χ3n) is 4.09. The fourth-order valence-electron chi connectivity index (χ4n) is 2.54. The molecule has 1 unspecified atom stereocenters. The number of hydrogen-bond donors (Lipinski definition) is 4. The third-order valence-corrected chi connectivity index (χ3v) is 5.14. The average Bonchev–Trinajstić information content (AvgIpc) is 3.47. The van der Waals surface area contributed by atoms with E-state index in [4.69, 9.17) is 5.73 Å². The molecule has 14 nitrogen and oxygen atoms in total. The highest BCUT2D eigenvalue weighted by Crippen LogP contribution is 2.26. The zero-order valence-corrected chi connectivity index (χ0v) is 16.9. The number of aliphatic hydroxyl groups excluding tert-OH is 1. The van der Waals surface area contributed by atoms with Gasteiger partial charge in [0.05, 0.1) is 11.9 Å². The van der Waals surface area contributed by atoms with Crippen LogP contribution in [0.4, 0.5) is 5.82 Å². The molecule has 0 fully saturated rings. The first-order chi connectivity index (χ1) is 15.0. The van der Waals surface area contributed by atoms with Gasteiger partial charge >= 0.3 is 0 Å². The van der Waals surface area contributed by atoms with E-state index in [1.54, 1.807) is 29.1 Å². The second-order valence-electron chi connectivity index (χ2n) is 6.17. The summed E-state index contributed by atoms with van der Waals surface area (Å²) in [5, 5.41) is 48.2. The summed E-state index contributed by atoms with van der Waals surface area (Å²) < 4.78 is 7.71. The van der Waals surface area contributed by atoms with Crippen molar-refractivity contribution in [3.8, 4) is 11.6 Å². The molecule has 3 aromatic heterocycles. The number of aryl methyl sites for hydroxylation is 1. The molecule has 31 heavy (non-hydrogen) atoms. The molecule has 4 aromatic rings. The third kappa shape index (κ3) is 4.31. The molecule has 3 heterocycles. The molecule has 0 aliphatic rings. The number of nitrogens with zero attached hydrogens (tertiary/aromatic N) is 9. The molecule has 4 rings (SSSR count). The molecule has 0 radical (unpaired) electrons. The van der Waals surface area contributed by atoms with E-state index in [1.165, 1.54) is 28.7 Å². The highest BCUT2D eigenvalue weighted by atomic mass is 32.2. The quantitative estimate of drug-likeness (QED) is 0.123. The van der Waals surface area contributed by atoms with Gasteiger partial charge in [0.2, 0.25) is 11.6 Å². The molecule has 0 saturated heterocycles. The number of phenols is 1. The lowest BCUT2D eigenvalue weighted by Gasteiger charge is -2.10. The number of aromatic hydroxyl groups is 1. The van der Waals surface area contributed by atoms with Gasteiger partial charge in [0.1, 0.15) is 17.8 Å². The molecule has 15 heteroatoms. The number of para-hydroxylation sites is 1. The summed E-state index contributed by atoms with van der Waals surface area (Å²) in [6.45, 7) is 0. The van der Waals surface area contributed by atoms with E-state index in [-0.39, 0.29) is 23.1 Å². The number of hydrazone groups is 1. The van der Waals surface area contributed by atoms with Crippen LogP contribution < -0.4 is 11.2 Å². The van der Waals surface area contributed by atoms with Gasteiger partial charge in [-0.3, -0.25) is 5.43 Å². The van der Waals surface area contributed by atoms with Crippen LogP contribution in [-0.2, 0) is 12.8 Å². The minimum Gasteiger partial charge on any atom is -0.507 e. The summed E-state index contributed by atoms with van der Waals surface area (Å²) in [5.41, 5.74) is 9.47. The number of phenolic OH excluding ortho intramolecular Hbond substituents is 1. The maximum absolute atomic E-state index is 10.6. The number of aliphatic hydroxyl groups is 1. The Bertz CT molecular complexity index is 1200. The van der Waals surface area contributed by atoms with Crippen molar-refractivity contribution in [3.05, 3.63) is 47.5 Å². The first-order valence-electron chi connectivity index (χ1n) is 8.79. The predicted octanol–water partition coefficient (Wildman–Crippen LogP) is -0.0265. The van der Waals surface area contributed by atoms with Gasteiger partial charge in [-0.2, -0.15) is 9.78 Å². The molecule has 160 valence electrons. The van der Waals surface area contributed by atoms with Crippen molar-refractivity contribution < 1.29 is 14.8 Å². The van der Waals surface area contributed by atoms with Crippen molar-refractivity contribution in [2.24, 2.45) is 12.1 Å². The fourth-order valence-corrected chi connectivity index (χ4v) is 3.43. The molecular formula is C16H17N11O3S. The van der Waals surface area contributed by atoms with Crippen molar-refractivity contribution in [2.45, 2.75) is 17.1 Å². The van der Waals surface area contributed by atoms with Crippen molar-refractivity contribution in [3.63, 3.8) is 0 Å². The van der Waals surface area contributed by atoms with Gasteiger partial charge in [0.15, 0.2) is 11.4 Å². The summed E-state index contributed by atoms with van der Waals surface area (Å²) >= 11 is 1.34. The Morgan fingerprint density at radius 2 is 2.16 bits per heavy atom. The lowest BCUT2D eigenvalue weighted by atomic mass is 10.2. The lowest BCUT2D eigenvalue weighted by molar-refractivity contribution is 0.136. The Morgan fingerprint density at radius 3 is 2.87 bits per heavy atom. The number of anilines is 1. The van der Waals surface area contributed by atoms with Crippen molar-refractivity contribution >= 4 is 23.8 Å². The molecule has 0 bridgehead atoms. The zero-order chi connectivity index (χ0) is 21.8. The van der Waals surface area contributed by atoms with E-state index in [9.17, 15) is 10.2 Å². The van der Waals surface area contributed by atoms with E-state index in [2.05, 4.69) is 46.0 Å². The summed E-state index contributed by atoms with van der Waals surface area (Å²) in [6, 6.07) is 6.65. The van der Waals surface area contributed by atoms with Gasteiger partial charge in [0, 0.05) is 18.4 Å². The first-order valence-corrected chi connectivity index (χ1v) is 9.77. The van der Waals surface area contributed by atoms with E-state index < -0.39 is 6.23 Å². The Hall–Kier alpha value is -3.98. The van der Waals surface area contributed by atoms with Crippen molar-refractivity contribution in [1.82, 2.24) is 45.5 Å². The fraction of sp³-hybridized carbons (Fsp3) is 0.188. The Labute approximate surface area is 178 Å². The molecule has 0 aliphatic heterocycles. The molecule has 0 amide bonds. The normalized spacial score (nSPS) is 12.5. The summed E-state index contributed by atoms with van der Waals surface area (Å²) in [4.78, 5) is 0. The Morgan fingerprint density at radius 1 is 1.32 bits per heavy atom. The van der Waals surface area contributed by atoms with Gasteiger partial charge in [-0.15, -0.1) is 15.3 Å². The first kappa shape index (κ1) is 20.3. The minimum atomic E-state index is -1.31. The molecule has 1 atom stereocenters. The van der Waals surface area contributed by atoms with Crippen LogP contribution in [0.2, 0.25) is 0 Å². The average molecular weight is 443 g/mol. The SMILES string of the molecule is Cn1cnnc1SCc1c(C(O)N/N=C/c2ccccc2O)nnn1-c1nonc1N. The van der Waals surface area contributed by atoms with Crippen LogP contribution >= 0.6 is 11.8 Å². The summed E-state index contributed by atoms with van der Waals surface area (Å²) in [6.07, 6.45) is 1.63. The van der Waals surface area contributed by atoms with Gasteiger partial charge in [-0.1, -0.05) is 29.1 Å². The van der Waals surface area contributed by atoms with Crippen LogP contribution in [0.25, 0.3) is 5.82 Å². The summed E-state index contributed by atoms with van der Waals surface area (Å²) in [5.74, 6) is 0.505. The predicted molar refractivity (Wildman–Crippen MR) is 108 cm³/mol. The molecule has 0 aliphatic carbocycles. The number of nitrogens with two attached hydrogens (primary N) is 1. The molecule has 5 N–H and O–H groups in total. The molecule has 1 aromatic carbocycles. The van der Waals surface area contributed by atoms with E-state index in [1.807, 2.05) is 7.05 Å². The Kier molecular flexibility index (Phi) is 5.76. The molecule has 0 saturated carbocycles. The Balaban J connectivity index is 1.58.